The molecule has 0 amide bonds. The molecule has 0 aliphatic carbocycles. The molecule has 1 aromatic carbocycles. The van der Waals surface area contributed by atoms with Gasteiger partial charge in [-0.3, -0.25) is 0 Å². The number of pyridine rings is 1. The van der Waals surface area contributed by atoms with Gasteiger partial charge in [-0.05, 0) is 42.8 Å². The molecule has 1 heterocycles. The van der Waals surface area contributed by atoms with Crippen LogP contribution in [0.3, 0.4) is 0 Å². The minimum Gasteiger partial charge on any atom is -0.438 e. The van der Waals surface area contributed by atoms with Gasteiger partial charge < -0.3 is 4.74 Å². The fourth-order valence-corrected chi connectivity index (χ4v) is 2.44. The molecule has 4 nitrogen and oxygen atoms in total. The van der Waals surface area contributed by atoms with Gasteiger partial charge >= 0.3 is 0 Å². The van der Waals surface area contributed by atoms with Crippen LogP contribution in [0, 0.1) is 6.92 Å². The predicted octanol–water partition coefficient (Wildman–Crippen LogP) is 3.76. The van der Waals surface area contributed by atoms with Gasteiger partial charge in [0, 0.05) is 21.9 Å². The molecule has 0 bridgehead atoms. The van der Waals surface area contributed by atoms with E-state index in [1.807, 2.05) is 6.92 Å². The number of halogens is 2. The highest BCUT2D eigenvalue weighted by atomic mass is 35.7. The molecule has 0 saturated carbocycles. The van der Waals surface area contributed by atoms with E-state index >= 15 is 0 Å². The van der Waals surface area contributed by atoms with Gasteiger partial charge in [0.2, 0.25) is 5.88 Å². The van der Waals surface area contributed by atoms with Crippen LogP contribution in [0.15, 0.2) is 41.4 Å². The summed E-state index contributed by atoms with van der Waals surface area (Å²) in [6, 6.07) is 7.75. The Hall–Kier alpha value is -1.30. The van der Waals surface area contributed by atoms with Crippen molar-refractivity contribution in [3.63, 3.8) is 0 Å². The molecule has 0 atom stereocenters. The van der Waals surface area contributed by atoms with Gasteiger partial charge in [-0.1, -0.05) is 11.6 Å². The first-order chi connectivity index (χ1) is 8.88. The van der Waals surface area contributed by atoms with Gasteiger partial charge in [-0.2, -0.15) is 0 Å². The van der Waals surface area contributed by atoms with Crippen LogP contribution in [0.4, 0.5) is 0 Å². The average molecular weight is 318 g/mol. The number of hydrogen-bond acceptors (Lipinski definition) is 4. The SMILES string of the molecule is Cc1cc(Oc2ncccc2S(=O)(=O)Cl)ccc1Cl. The van der Waals surface area contributed by atoms with Crippen molar-refractivity contribution in [3.8, 4) is 11.6 Å². The number of aromatic nitrogens is 1. The second-order valence-corrected chi connectivity index (χ2v) is 6.70. The van der Waals surface area contributed by atoms with Crippen molar-refractivity contribution in [2.24, 2.45) is 0 Å². The van der Waals surface area contributed by atoms with Gasteiger partial charge in [0.25, 0.3) is 9.05 Å². The molecule has 0 N–H and O–H groups in total. The zero-order valence-electron chi connectivity index (χ0n) is 9.80. The van der Waals surface area contributed by atoms with E-state index in [0.717, 1.165) is 5.56 Å². The van der Waals surface area contributed by atoms with Crippen LogP contribution in [-0.2, 0) is 9.05 Å². The van der Waals surface area contributed by atoms with E-state index in [0.29, 0.717) is 10.8 Å². The maximum atomic E-state index is 11.4. The largest absolute Gasteiger partial charge is 0.438 e. The number of aryl methyl sites for hydroxylation is 1. The summed E-state index contributed by atoms with van der Waals surface area (Å²) in [6.45, 7) is 1.81. The van der Waals surface area contributed by atoms with Gasteiger partial charge in [-0.25, -0.2) is 13.4 Å². The van der Waals surface area contributed by atoms with Crippen LogP contribution in [0.2, 0.25) is 5.02 Å². The maximum absolute atomic E-state index is 11.4. The highest BCUT2D eigenvalue weighted by molar-refractivity contribution is 8.13. The Morgan fingerprint density at radius 1 is 1.26 bits per heavy atom. The van der Waals surface area contributed by atoms with Gasteiger partial charge in [-0.15, -0.1) is 0 Å². The molecule has 0 saturated heterocycles. The average Bonchev–Trinajstić information content (AvgIpc) is 2.33. The Balaban J connectivity index is 2.41. The topological polar surface area (TPSA) is 56.3 Å². The summed E-state index contributed by atoms with van der Waals surface area (Å²) in [5.41, 5.74) is 0.811. The quantitative estimate of drug-likeness (QED) is 0.809. The highest BCUT2D eigenvalue weighted by Crippen LogP contribution is 2.30. The van der Waals surface area contributed by atoms with Crippen LogP contribution in [-0.4, -0.2) is 13.4 Å². The van der Waals surface area contributed by atoms with Gasteiger partial charge in [0.05, 0.1) is 0 Å². The highest BCUT2D eigenvalue weighted by Gasteiger charge is 2.18. The molecule has 0 radical (unpaired) electrons. The first-order valence-corrected chi connectivity index (χ1v) is 7.90. The van der Waals surface area contributed by atoms with Crippen LogP contribution >= 0.6 is 22.3 Å². The fraction of sp³-hybridized carbons (Fsp3) is 0.0833. The molecular weight excluding hydrogens is 309 g/mol. The minimum atomic E-state index is -3.91. The lowest BCUT2D eigenvalue weighted by atomic mass is 10.2. The lowest BCUT2D eigenvalue weighted by Gasteiger charge is -2.08. The van der Waals surface area contributed by atoms with Crippen molar-refractivity contribution < 1.29 is 13.2 Å². The molecule has 0 aliphatic heterocycles. The molecule has 2 aromatic rings. The summed E-state index contributed by atoms with van der Waals surface area (Å²) in [4.78, 5) is 3.70. The molecule has 100 valence electrons. The zero-order valence-corrected chi connectivity index (χ0v) is 12.1. The van der Waals surface area contributed by atoms with Crippen LogP contribution in [0.5, 0.6) is 11.6 Å². The molecule has 19 heavy (non-hydrogen) atoms. The molecular formula is C12H9Cl2NO3S. The Morgan fingerprint density at radius 2 is 2.00 bits per heavy atom. The number of rotatable bonds is 3. The van der Waals surface area contributed by atoms with Crippen LogP contribution in [0.1, 0.15) is 5.56 Å². The second-order valence-electron chi connectivity index (χ2n) is 3.76. The van der Waals surface area contributed by atoms with Crippen LogP contribution < -0.4 is 4.74 Å². The normalized spacial score (nSPS) is 11.3. The summed E-state index contributed by atoms with van der Waals surface area (Å²) in [5.74, 6) is 0.362. The number of ether oxygens (including phenoxy) is 1. The number of nitrogens with zero attached hydrogens (tertiary/aromatic N) is 1. The van der Waals surface area contributed by atoms with Crippen molar-refractivity contribution in [2.45, 2.75) is 11.8 Å². The Labute approximate surface area is 120 Å². The molecule has 0 aliphatic rings. The summed E-state index contributed by atoms with van der Waals surface area (Å²) >= 11 is 5.90. The number of benzene rings is 1. The van der Waals surface area contributed by atoms with Crippen molar-refractivity contribution >= 4 is 31.3 Å². The van der Waals surface area contributed by atoms with Crippen molar-refractivity contribution in [2.75, 3.05) is 0 Å². The lowest BCUT2D eigenvalue weighted by Crippen LogP contribution is -1.98. The Kier molecular flexibility index (Phi) is 3.99. The maximum Gasteiger partial charge on any atom is 0.266 e. The molecule has 0 spiro atoms. The van der Waals surface area contributed by atoms with Gasteiger partial charge in [0.1, 0.15) is 10.6 Å². The third-order valence-corrected chi connectivity index (χ3v) is 4.10. The lowest BCUT2D eigenvalue weighted by molar-refractivity contribution is 0.447. The standard InChI is InChI=1S/C12H9Cl2NO3S/c1-8-7-9(4-5-10(8)13)18-12-11(19(14,16)17)3-2-6-15-12/h2-7H,1H3. The monoisotopic (exact) mass is 317 g/mol. The molecule has 1 aromatic heterocycles. The van der Waals surface area contributed by atoms with E-state index < -0.39 is 9.05 Å². The third-order valence-electron chi connectivity index (χ3n) is 2.34. The van der Waals surface area contributed by atoms with Crippen LogP contribution in [0.25, 0.3) is 0 Å². The summed E-state index contributed by atoms with van der Waals surface area (Å²) in [7, 11) is 1.40. The Morgan fingerprint density at radius 3 is 2.63 bits per heavy atom. The summed E-state index contributed by atoms with van der Waals surface area (Å²) in [6.07, 6.45) is 1.42. The molecule has 0 fully saturated rings. The van der Waals surface area contributed by atoms with E-state index in [2.05, 4.69) is 4.98 Å². The van der Waals surface area contributed by atoms with E-state index in [4.69, 9.17) is 27.0 Å². The van der Waals surface area contributed by atoms with Crippen molar-refractivity contribution in [1.29, 1.82) is 0 Å². The third kappa shape index (κ3) is 3.37. The smallest absolute Gasteiger partial charge is 0.266 e. The molecule has 7 heteroatoms. The van der Waals surface area contributed by atoms with E-state index in [1.165, 1.54) is 18.3 Å². The second kappa shape index (κ2) is 5.36. The van der Waals surface area contributed by atoms with Crippen molar-refractivity contribution in [1.82, 2.24) is 4.98 Å². The molecule has 0 unspecified atom stereocenters. The first kappa shape index (κ1) is 14.1. The van der Waals surface area contributed by atoms with E-state index in [1.54, 1.807) is 18.2 Å². The first-order valence-electron chi connectivity index (χ1n) is 5.21. The van der Waals surface area contributed by atoms with Crippen molar-refractivity contribution in [3.05, 3.63) is 47.1 Å². The van der Waals surface area contributed by atoms with E-state index in [-0.39, 0.29) is 10.8 Å². The summed E-state index contributed by atoms with van der Waals surface area (Å²) in [5, 5.41) is 0.596. The van der Waals surface area contributed by atoms with E-state index in [9.17, 15) is 8.42 Å². The number of hydrogen-bond donors (Lipinski definition) is 0. The summed E-state index contributed by atoms with van der Waals surface area (Å²) < 4.78 is 28.2. The van der Waals surface area contributed by atoms with Gasteiger partial charge in [0.15, 0.2) is 0 Å². The molecule has 2 rings (SSSR count). The predicted molar refractivity (Wildman–Crippen MR) is 73.5 cm³/mol. The fourth-order valence-electron chi connectivity index (χ4n) is 1.43. The minimum absolute atomic E-state index is 0.0702. The Bertz CT molecular complexity index is 717. The zero-order chi connectivity index (χ0) is 14.0.